The van der Waals surface area contributed by atoms with E-state index in [1.165, 1.54) is 0 Å². The highest BCUT2D eigenvalue weighted by Crippen LogP contribution is 2.56. The smallest absolute Gasteiger partial charge is 0.306 e. The van der Waals surface area contributed by atoms with Gasteiger partial charge in [-0.25, -0.2) is 0 Å². The molecule has 0 aliphatic heterocycles. The summed E-state index contributed by atoms with van der Waals surface area (Å²) in [7, 11) is -3.19. The molecule has 0 saturated carbocycles. The molecule has 0 saturated heterocycles. The van der Waals surface area contributed by atoms with E-state index in [0.29, 0.717) is 18.5 Å². The molecule has 4 heteroatoms. The number of allylic oxidation sites excluding steroid dienone is 1. The Morgan fingerprint density at radius 3 is 2.33 bits per heavy atom. The van der Waals surface area contributed by atoms with Gasteiger partial charge in [0.1, 0.15) is 0 Å². The second kappa shape index (κ2) is 7.04. The fourth-order valence-corrected chi connectivity index (χ4v) is 3.72. The van der Waals surface area contributed by atoms with Gasteiger partial charge in [0.25, 0.3) is 0 Å². The Hall–Kier alpha value is -1.41. The normalized spacial score (nSPS) is 12.8. The first-order chi connectivity index (χ1) is 10.1. The zero-order valence-corrected chi connectivity index (χ0v) is 13.6. The van der Waals surface area contributed by atoms with Gasteiger partial charge >= 0.3 is 7.60 Å². The van der Waals surface area contributed by atoms with Gasteiger partial charge in [-0.1, -0.05) is 42.5 Å². The number of hydrogen-bond acceptors (Lipinski definition) is 3. The number of hydrogen-bond donors (Lipinski definition) is 0. The topological polar surface area (TPSA) is 35.5 Å². The lowest BCUT2D eigenvalue weighted by molar-refractivity contribution is 0.226. The van der Waals surface area contributed by atoms with Crippen molar-refractivity contribution < 1.29 is 13.6 Å². The monoisotopic (exact) mass is 304 g/mol. The number of rotatable bonds is 6. The van der Waals surface area contributed by atoms with Crippen molar-refractivity contribution in [3.05, 3.63) is 53.3 Å². The third-order valence-electron chi connectivity index (χ3n) is 3.22. The lowest BCUT2D eigenvalue weighted by Gasteiger charge is -2.17. The van der Waals surface area contributed by atoms with Gasteiger partial charge in [0.05, 0.1) is 13.2 Å². The van der Waals surface area contributed by atoms with Crippen LogP contribution in [0.1, 0.15) is 26.3 Å². The maximum absolute atomic E-state index is 12.7. The lowest BCUT2D eigenvalue weighted by atomic mass is 10.0. The highest BCUT2D eigenvalue weighted by Gasteiger charge is 2.26. The standard InChI is InChI=1S/C17H21O3P/c1-4-19-21(18,20-5-2)14(3)13-16-11-8-10-15-9-6-7-12-17(15)16/h6-13H,4-5H2,1-3H3/b14-13+. The second-order valence-electron chi connectivity index (χ2n) is 4.69. The molecule has 0 aliphatic carbocycles. The first kappa shape index (κ1) is 16.0. The van der Waals surface area contributed by atoms with E-state index in [4.69, 9.17) is 9.05 Å². The van der Waals surface area contributed by atoms with Crippen molar-refractivity contribution in [2.45, 2.75) is 20.8 Å². The van der Waals surface area contributed by atoms with Crippen LogP contribution in [0.2, 0.25) is 0 Å². The first-order valence-corrected chi connectivity index (χ1v) is 8.70. The molecule has 3 nitrogen and oxygen atoms in total. The molecule has 0 unspecified atom stereocenters. The van der Waals surface area contributed by atoms with E-state index in [9.17, 15) is 4.57 Å². The van der Waals surface area contributed by atoms with E-state index in [0.717, 1.165) is 16.3 Å². The molecule has 2 aromatic carbocycles. The Morgan fingerprint density at radius 2 is 1.67 bits per heavy atom. The van der Waals surface area contributed by atoms with Crippen molar-refractivity contribution in [2.24, 2.45) is 0 Å². The van der Waals surface area contributed by atoms with Crippen LogP contribution < -0.4 is 0 Å². The maximum Gasteiger partial charge on any atom is 0.357 e. The molecule has 0 amide bonds. The third-order valence-corrected chi connectivity index (χ3v) is 5.41. The van der Waals surface area contributed by atoms with Gasteiger partial charge in [-0.3, -0.25) is 4.57 Å². The summed E-state index contributed by atoms with van der Waals surface area (Å²) in [6, 6.07) is 14.2. The van der Waals surface area contributed by atoms with E-state index in [-0.39, 0.29) is 0 Å². The molecule has 0 heterocycles. The molecule has 2 aromatic rings. The number of fused-ring (bicyclic) bond motifs is 1. The van der Waals surface area contributed by atoms with Crippen LogP contribution in [-0.2, 0) is 13.6 Å². The molecule has 0 radical (unpaired) electrons. The molecule has 21 heavy (non-hydrogen) atoms. The lowest BCUT2D eigenvalue weighted by Crippen LogP contribution is -1.97. The zero-order valence-electron chi connectivity index (χ0n) is 12.7. The van der Waals surface area contributed by atoms with E-state index in [1.807, 2.05) is 44.2 Å². The molecule has 112 valence electrons. The van der Waals surface area contributed by atoms with Crippen LogP contribution in [0.15, 0.2) is 47.8 Å². The predicted molar refractivity (Wildman–Crippen MR) is 88.5 cm³/mol. The fourth-order valence-electron chi connectivity index (χ4n) is 2.26. The first-order valence-electron chi connectivity index (χ1n) is 7.16. The van der Waals surface area contributed by atoms with Crippen molar-refractivity contribution in [3.8, 4) is 0 Å². The fraction of sp³-hybridized carbons (Fsp3) is 0.294. The minimum Gasteiger partial charge on any atom is -0.306 e. The zero-order chi connectivity index (χ0) is 15.3. The molecule has 0 N–H and O–H groups in total. The van der Waals surface area contributed by atoms with Crippen molar-refractivity contribution in [3.63, 3.8) is 0 Å². The van der Waals surface area contributed by atoms with Gasteiger partial charge in [-0.2, -0.15) is 0 Å². The SMILES string of the molecule is CCOP(=O)(OCC)/C(C)=C/c1cccc2ccccc12. The molecule has 2 rings (SSSR count). The quantitative estimate of drug-likeness (QED) is 0.664. The molecule has 0 aromatic heterocycles. The summed E-state index contributed by atoms with van der Waals surface area (Å²) in [4.78, 5) is 0. The second-order valence-corrected chi connectivity index (χ2v) is 6.90. The minimum absolute atomic E-state index is 0.359. The van der Waals surface area contributed by atoms with Crippen LogP contribution in [0.4, 0.5) is 0 Å². The van der Waals surface area contributed by atoms with Crippen LogP contribution in [-0.4, -0.2) is 13.2 Å². The average molecular weight is 304 g/mol. The molecule has 0 fully saturated rings. The molecular weight excluding hydrogens is 283 g/mol. The Morgan fingerprint density at radius 1 is 1.05 bits per heavy atom. The van der Waals surface area contributed by atoms with Crippen LogP contribution >= 0.6 is 7.60 Å². The molecule has 0 spiro atoms. The largest absolute Gasteiger partial charge is 0.357 e. The van der Waals surface area contributed by atoms with E-state index < -0.39 is 7.60 Å². The van der Waals surface area contributed by atoms with Crippen LogP contribution in [0.25, 0.3) is 16.8 Å². The number of benzene rings is 2. The van der Waals surface area contributed by atoms with Crippen LogP contribution in [0.3, 0.4) is 0 Å². The molecule has 0 atom stereocenters. The highest BCUT2D eigenvalue weighted by molar-refractivity contribution is 7.58. The van der Waals surface area contributed by atoms with Gasteiger partial charge in [-0.05, 0) is 43.2 Å². The Kier molecular flexibility index (Phi) is 5.35. The summed E-state index contributed by atoms with van der Waals surface area (Å²) in [5.74, 6) is 0. The van der Waals surface area contributed by atoms with Crippen LogP contribution in [0.5, 0.6) is 0 Å². The van der Waals surface area contributed by atoms with Crippen LogP contribution in [0, 0.1) is 0 Å². The van der Waals surface area contributed by atoms with Crippen molar-refractivity contribution in [1.29, 1.82) is 0 Å². The summed E-state index contributed by atoms with van der Waals surface area (Å²) in [6.45, 7) is 6.15. The summed E-state index contributed by atoms with van der Waals surface area (Å²) in [6.07, 6.45) is 1.90. The Balaban J connectivity index is 2.47. The maximum atomic E-state index is 12.7. The summed E-state index contributed by atoms with van der Waals surface area (Å²) < 4.78 is 23.5. The highest BCUT2D eigenvalue weighted by atomic mass is 31.2. The van der Waals surface area contributed by atoms with Crippen molar-refractivity contribution in [1.82, 2.24) is 0 Å². The molecular formula is C17H21O3P. The van der Waals surface area contributed by atoms with Gasteiger partial charge < -0.3 is 9.05 Å². The van der Waals surface area contributed by atoms with Gasteiger partial charge in [0.2, 0.25) is 0 Å². The van der Waals surface area contributed by atoms with E-state index in [1.54, 1.807) is 6.92 Å². The van der Waals surface area contributed by atoms with E-state index >= 15 is 0 Å². The molecule has 0 bridgehead atoms. The Bertz CT molecular complexity index is 676. The van der Waals surface area contributed by atoms with Crippen molar-refractivity contribution in [2.75, 3.05) is 13.2 Å². The summed E-state index contributed by atoms with van der Waals surface area (Å²) in [5.41, 5.74) is 1.02. The van der Waals surface area contributed by atoms with E-state index in [2.05, 4.69) is 18.2 Å². The summed E-state index contributed by atoms with van der Waals surface area (Å²) >= 11 is 0. The third kappa shape index (κ3) is 3.62. The Labute approximate surface area is 126 Å². The predicted octanol–water partition coefficient (Wildman–Crippen LogP) is 5.47. The van der Waals surface area contributed by atoms with Gasteiger partial charge in [0, 0.05) is 5.31 Å². The van der Waals surface area contributed by atoms with Gasteiger partial charge in [-0.15, -0.1) is 0 Å². The van der Waals surface area contributed by atoms with Crippen molar-refractivity contribution >= 4 is 24.4 Å². The minimum atomic E-state index is -3.19. The van der Waals surface area contributed by atoms with Gasteiger partial charge in [0.15, 0.2) is 0 Å². The summed E-state index contributed by atoms with van der Waals surface area (Å²) in [5, 5.41) is 2.91. The molecule has 0 aliphatic rings. The average Bonchev–Trinajstić information content (AvgIpc) is 2.48.